The number of carbonyl (C=O) groups is 1. The zero-order valence-corrected chi connectivity index (χ0v) is 15.5. The molecule has 1 aliphatic heterocycles. The summed E-state index contributed by atoms with van der Waals surface area (Å²) in [5.74, 6) is -0.487. The lowest BCUT2D eigenvalue weighted by Crippen LogP contribution is -2.37. The van der Waals surface area contributed by atoms with Gasteiger partial charge in [-0.25, -0.2) is 8.42 Å². The van der Waals surface area contributed by atoms with Gasteiger partial charge < -0.3 is 5.32 Å². The number of nitro groups is 1. The largest absolute Gasteiger partial charge is 0.321 e. The molecule has 0 spiro atoms. The third kappa shape index (κ3) is 3.94. The number of anilines is 2. The van der Waals surface area contributed by atoms with Gasteiger partial charge in [0.1, 0.15) is 6.07 Å². The Morgan fingerprint density at radius 3 is 2.68 bits per heavy atom. The first-order valence-corrected chi connectivity index (χ1v) is 10.0. The molecule has 1 heterocycles. The second-order valence-electron chi connectivity index (χ2n) is 6.20. The molecular formula is C18H16N4O5S. The Labute approximate surface area is 161 Å². The van der Waals surface area contributed by atoms with E-state index in [1.807, 2.05) is 6.07 Å². The Hall–Kier alpha value is -3.45. The Morgan fingerprint density at radius 1 is 1.21 bits per heavy atom. The molecule has 2 aromatic carbocycles. The molecule has 0 radical (unpaired) electrons. The second kappa shape index (κ2) is 7.66. The maximum Gasteiger partial charge on any atom is 0.270 e. The molecule has 0 bridgehead atoms. The monoisotopic (exact) mass is 400 g/mol. The van der Waals surface area contributed by atoms with Crippen LogP contribution in [-0.4, -0.2) is 31.5 Å². The maximum atomic E-state index is 12.6. The van der Waals surface area contributed by atoms with Crippen LogP contribution in [0.2, 0.25) is 0 Å². The van der Waals surface area contributed by atoms with Gasteiger partial charge in [0.05, 0.1) is 27.6 Å². The predicted octanol–water partition coefficient (Wildman–Crippen LogP) is 2.65. The van der Waals surface area contributed by atoms with E-state index in [2.05, 4.69) is 5.32 Å². The van der Waals surface area contributed by atoms with Gasteiger partial charge in [0.2, 0.25) is 10.0 Å². The molecule has 9 nitrogen and oxygen atoms in total. The highest BCUT2D eigenvalue weighted by atomic mass is 32.2. The highest BCUT2D eigenvalue weighted by molar-refractivity contribution is 7.92. The summed E-state index contributed by atoms with van der Waals surface area (Å²) in [7, 11) is -3.41. The highest BCUT2D eigenvalue weighted by Crippen LogP contribution is 2.26. The quantitative estimate of drug-likeness (QED) is 0.619. The maximum absolute atomic E-state index is 12.6. The summed E-state index contributed by atoms with van der Waals surface area (Å²) in [4.78, 5) is 22.8. The van der Waals surface area contributed by atoms with Gasteiger partial charge in [-0.3, -0.25) is 19.2 Å². The van der Waals surface area contributed by atoms with Gasteiger partial charge in [-0.15, -0.1) is 0 Å². The van der Waals surface area contributed by atoms with E-state index in [9.17, 15) is 28.6 Å². The van der Waals surface area contributed by atoms with E-state index in [4.69, 9.17) is 0 Å². The molecule has 0 saturated carbocycles. The standard InChI is InChI=1S/C18H16N4O5S/c19-12-14-11-16(22(24)25)6-7-17(14)20-18(23)13-4-3-5-15(10-13)21-8-1-2-9-28(21,26)27/h3-7,10-11H,1-2,8-9H2,(H,20,23). The van der Waals surface area contributed by atoms with Crippen LogP contribution in [0.15, 0.2) is 42.5 Å². The van der Waals surface area contributed by atoms with Crippen molar-refractivity contribution in [1.82, 2.24) is 0 Å². The average molecular weight is 400 g/mol. The predicted molar refractivity (Wildman–Crippen MR) is 103 cm³/mol. The number of hydrogen-bond acceptors (Lipinski definition) is 6. The Bertz CT molecular complexity index is 1090. The number of nitro benzene ring substituents is 1. The molecule has 28 heavy (non-hydrogen) atoms. The lowest BCUT2D eigenvalue weighted by Gasteiger charge is -2.28. The average Bonchev–Trinajstić information content (AvgIpc) is 2.67. The molecule has 0 aliphatic carbocycles. The molecule has 1 aliphatic rings. The lowest BCUT2D eigenvalue weighted by atomic mass is 10.1. The van der Waals surface area contributed by atoms with Gasteiger partial charge in [0.15, 0.2) is 0 Å². The summed E-state index contributed by atoms with van der Waals surface area (Å²) in [6.07, 6.45) is 1.35. The van der Waals surface area contributed by atoms with Crippen LogP contribution in [0.25, 0.3) is 0 Å². The fourth-order valence-corrected chi connectivity index (χ4v) is 4.55. The van der Waals surface area contributed by atoms with E-state index in [0.717, 1.165) is 12.5 Å². The van der Waals surface area contributed by atoms with Crippen molar-refractivity contribution in [3.8, 4) is 6.07 Å². The van der Waals surface area contributed by atoms with Crippen LogP contribution in [0.4, 0.5) is 17.1 Å². The molecule has 0 unspecified atom stereocenters. The van der Waals surface area contributed by atoms with Gasteiger partial charge in [-0.05, 0) is 37.1 Å². The normalized spacial score (nSPS) is 15.5. The van der Waals surface area contributed by atoms with Crippen molar-refractivity contribution < 1.29 is 18.1 Å². The summed E-state index contributed by atoms with van der Waals surface area (Å²) in [6, 6.07) is 11.5. The number of non-ortho nitro benzene ring substituents is 1. The van der Waals surface area contributed by atoms with Crippen molar-refractivity contribution in [1.29, 1.82) is 5.26 Å². The van der Waals surface area contributed by atoms with Crippen LogP contribution in [0.3, 0.4) is 0 Å². The number of nitrogens with one attached hydrogen (secondary N) is 1. The van der Waals surface area contributed by atoms with Crippen molar-refractivity contribution >= 4 is 33.0 Å². The topological polar surface area (TPSA) is 133 Å². The van der Waals surface area contributed by atoms with Gasteiger partial charge in [-0.2, -0.15) is 5.26 Å². The molecular weight excluding hydrogens is 384 g/mol. The van der Waals surface area contributed by atoms with Gasteiger partial charge in [-0.1, -0.05) is 6.07 Å². The second-order valence-corrected chi connectivity index (χ2v) is 8.21. The van der Waals surface area contributed by atoms with E-state index in [1.54, 1.807) is 12.1 Å². The smallest absolute Gasteiger partial charge is 0.270 e. The number of sulfonamides is 1. The fraction of sp³-hybridized carbons (Fsp3) is 0.222. The van der Waals surface area contributed by atoms with E-state index in [-0.39, 0.29) is 28.3 Å². The minimum Gasteiger partial charge on any atom is -0.321 e. The molecule has 1 saturated heterocycles. The van der Waals surface area contributed by atoms with Crippen molar-refractivity contribution in [3.05, 3.63) is 63.7 Å². The third-order valence-electron chi connectivity index (χ3n) is 4.33. The zero-order chi connectivity index (χ0) is 20.3. The molecule has 0 atom stereocenters. The van der Waals surface area contributed by atoms with E-state index in [1.165, 1.54) is 28.6 Å². The SMILES string of the molecule is N#Cc1cc([N+](=O)[O-])ccc1NC(=O)c1cccc(N2CCCCS2(=O)=O)c1. The lowest BCUT2D eigenvalue weighted by molar-refractivity contribution is -0.384. The van der Waals surface area contributed by atoms with E-state index in [0.29, 0.717) is 18.7 Å². The van der Waals surface area contributed by atoms with Crippen molar-refractivity contribution in [2.24, 2.45) is 0 Å². The van der Waals surface area contributed by atoms with Gasteiger partial charge in [0.25, 0.3) is 11.6 Å². The highest BCUT2D eigenvalue weighted by Gasteiger charge is 2.26. The third-order valence-corrected chi connectivity index (χ3v) is 6.20. The minimum atomic E-state index is -3.41. The molecule has 3 rings (SSSR count). The fourth-order valence-electron chi connectivity index (χ4n) is 2.92. The zero-order valence-electron chi connectivity index (χ0n) is 14.7. The molecule has 2 aromatic rings. The summed E-state index contributed by atoms with van der Waals surface area (Å²) in [6.45, 7) is 0.355. The van der Waals surface area contributed by atoms with Crippen molar-refractivity contribution in [3.63, 3.8) is 0 Å². The van der Waals surface area contributed by atoms with Gasteiger partial charge in [0, 0.05) is 24.2 Å². The minimum absolute atomic E-state index is 0.0442. The number of nitriles is 1. The van der Waals surface area contributed by atoms with Crippen LogP contribution in [-0.2, 0) is 10.0 Å². The summed E-state index contributed by atoms with van der Waals surface area (Å²) >= 11 is 0. The van der Waals surface area contributed by atoms with Crippen LogP contribution < -0.4 is 9.62 Å². The van der Waals surface area contributed by atoms with Crippen LogP contribution in [0.5, 0.6) is 0 Å². The van der Waals surface area contributed by atoms with Crippen molar-refractivity contribution in [2.75, 3.05) is 21.9 Å². The number of nitrogens with zero attached hydrogens (tertiary/aromatic N) is 3. The van der Waals surface area contributed by atoms with Crippen LogP contribution >= 0.6 is 0 Å². The number of amides is 1. The van der Waals surface area contributed by atoms with E-state index < -0.39 is 20.9 Å². The molecule has 0 aromatic heterocycles. The van der Waals surface area contributed by atoms with Crippen LogP contribution in [0.1, 0.15) is 28.8 Å². The van der Waals surface area contributed by atoms with Crippen molar-refractivity contribution in [2.45, 2.75) is 12.8 Å². The van der Waals surface area contributed by atoms with Crippen LogP contribution in [0, 0.1) is 21.4 Å². The number of benzene rings is 2. The summed E-state index contributed by atoms with van der Waals surface area (Å²) in [5.41, 5.74) is 0.440. The number of carbonyl (C=O) groups excluding carboxylic acids is 1. The Balaban J connectivity index is 1.86. The summed E-state index contributed by atoms with van der Waals surface area (Å²) < 4.78 is 25.8. The Kier molecular flexibility index (Phi) is 5.28. The molecule has 144 valence electrons. The first-order valence-electron chi connectivity index (χ1n) is 8.42. The molecule has 1 fully saturated rings. The van der Waals surface area contributed by atoms with Gasteiger partial charge >= 0.3 is 0 Å². The Morgan fingerprint density at radius 2 is 2.00 bits per heavy atom. The number of rotatable bonds is 4. The molecule has 1 amide bonds. The first kappa shape index (κ1) is 19.3. The first-order chi connectivity index (χ1) is 13.3. The number of hydrogen-bond donors (Lipinski definition) is 1. The molecule has 1 N–H and O–H groups in total. The molecule has 10 heteroatoms. The summed E-state index contributed by atoms with van der Waals surface area (Å²) in [5, 5.41) is 22.5. The van der Waals surface area contributed by atoms with E-state index >= 15 is 0 Å².